The van der Waals surface area contributed by atoms with Crippen LogP contribution in [0.4, 0.5) is 11.5 Å². The Bertz CT molecular complexity index is 448. The number of nitrogens with zero attached hydrogens (tertiary/aromatic N) is 2. The van der Waals surface area contributed by atoms with Gasteiger partial charge in [0, 0.05) is 18.3 Å². The van der Waals surface area contributed by atoms with Gasteiger partial charge in [0.2, 0.25) is 0 Å². The summed E-state index contributed by atoms with van der Waals surface area (Å²) in [5.74, 6) is 1.86. The fourth-order valence-corrected chi connectivity index (χ4v) is 2.94. The number of aromatic nitrogens is 1. The van der Waals surface area contributed by atoms with E-state index in [4.69, 9.17) is 0 Å². The largest absolute Gasteiger partial charge is 0.367 e. The smallest absolute Gasteiger partial charge is 0.274 e. The van der Waals surface area contributed by atoms with Gasteiger partial charge in [-0.3, -0.25) is 10.1 Å². The Morgan fingerprint density at radius 1 is 1.42 bits per heavy atom. The van der Waals surface area contributed by atoms with Gasteiger partial charge >= 0.3 is 0 Å². The van der Waals surface area contributed by atoms with Crippen molar-refractivity contribution >= 4 is 11.5 Å². The second-order valence-electron chi connectivity index (χ2n) is 5.60. The lowest BCUT2D eigenvalue weighted by atomic mass is 9.78. The van der Waals surface area contributed by atoms with Crippen molar-refractivity contribution in [2.45, 2.75) is 45.6 Å². The molecule has 5 nitrogen and oxygen atoms in total. The van der Waals surface area contributed by atoms with E-state index in [1.54, 1.807) is 0 Å². The molecular weight excluding hydrogens is 242 g/mol. The van der Waals surface area contributed by atoms with Gasteiger partial charge in [-0.2, -0.15) is 0 Å². The Kier molecular flexibility index (Phi) is 4.35. The average Bonchev–Trinajstić information content (AvgIpc) is 2.39. The molecule has 1 aliphatic carbocycles. The first kappa shape index (κ1) is 13.8. The molecule has 1 fully saturated rings. The molecule has 2 unspecified atom stereocenters. The predicted octanol–water partition coefficient (Wildman–Crippen LogP) is 3.62. The van der Waals surface area contributed by atoms with E-state index in [1.807, 2.05) is 0 Å². The highest BCUT2D eigenvalue weighted by atomic mass is 16.6. The van der Waals surface area contributed by atoms with E-state index in [2.05, 4.69) is 24.1 Å². The van der Waals surface area contributed by atoms with Crippen LogP contribution in [0.1, 0.15) is 39.5 Å². The molecule has 19 heavy (non-hydrogen) atoms. The van der Waals surface area contributed by atoms with E-state index >= 15 is 0 Å². The zero-order chi connectivity index (χ0) is 13.8. The molecule has 1 aromatic heterocycles. The van der Waals surface area contributed by atoms with Crippen LogP contribution in [0.5, 0.6) is 0 Å². The SMILES string of the molecule is CC(C)C1CCCCC1Nc1cc([N+](=O)[O-])ccn1. The summed E-state index contributed by atoms with van der Waals surface area (Å²) < 4.78 is 0. The molecule has 0 spiro atoms. The molecule has 0 aliphatic heterocycles. The molecular formula is C14H21N3O2. The third-order valence-corrected chi connectivity index (χ3v) is 3.96. The minimum Gasteiger partial charge on any atom is -0.367 e. The first-order valence-corrected chi connectivity index (χ1v) is 6.95. The zero-order valence-electron chi connectivity index (χ0n) is 11.5. The minimum absolute atomic E-state index is 0.0920. The zero-order valence-corrected chi connectivity index (χ0v) is 11.5. The van der Waals surface area contributed by atoms with Gasteiger partial charge in [0.25, 0.3) is 5.69 Å². The van der Waals surface area contributed by atoms with Crippen molar-refractivity contribution in [1.82, 2.24) is 4.98 Å². The van der Waals surface area contributed by atoms with Crippen LogP contribution in [0, 0.1) is 22.0 Å². The Hall–Kier alpha value is -1.65. The maximum atomic E-state index is 10.8. The van der Waals surface area contributed by atoms with Crippen molar-refractivity contribution in [2.75, 3.05) is 5.32 Å². The van der Waals surface area contributed by atoms with Crippen molar-refractivity contribution in [2.24, 2.45) is 11.8 Å². The normalized spacial score (nSPS) is 23.3. The molecule has 104 valence electrons. The van der Waals surface area contributed by atoms with Gasteiger partial charge in [0.1, 0.15) is 5.82 Å². The van der Waals surface area contributed by atoms with Crippen molar-refractivity contribution in [3.8, 4) is 0 Å². The lowest BCUT2D eigenvalue weighted by Crippen LogP contribution is -2.35. The van der Waals surface area contributed by atoms with Gasteiger partial charge in [-0.1, -0.05) is 26.7 Å². The number of nitrogens with one attached hydrogen (secondary N) is 1. The van der Waals surface area contributed by atoms with Gasteiger partial charge in [-0.05, 0) is 24.7 Å². The minimum atomic E-state index is -0.381. The van der Waals surface area contributed by atoms with E-state index in [0.29, 0.717) is 23.7 Å². The van der Waals surface area contributed by atoms with Crippen LogP contribution < -0.4 is 5.32 Å². The molecule has 0 amide bonds. The standard InChI is InChI=1S/C14H21N3O2/c1-10(2)12-5-3-4-6-13(12)16-14-9-11(17(18)19)7-8-15-14/h7-10,12-13H,3-6H2,1-2H3,(H,15,16). The fourth-order valence-electron chi connectivity index (χ4n) is 2.94. The first-order valence-electron chi connectivity index (χ1n) is 6.95. The van der Waals surface area contributed by atoms with Crippen molar-refractivity contribution in [1.29, 1.82) is 0 Å². The third kappa shape index (κ3) is 3.43. The number of nitro groups is 1. The summed E-state index contributed by atoms with van der Waals surface area (Å²) in [6.07, 6.45) is 6.34. The van der Waals surface area contributed by atoms with Crippen LogP contribution in [0.3, 0.4) is 0 Å². The highest BCUT2D eigenvalue weighted by molar-refractivity contribution is 5.45. The van der Waals surface area contributed by atoms with Crippen LogP contribution in [0.25, 0.3) is 0 Å². The fraction of sp³-hybridized carbons (Fsp3) is 0.643. The molecule has 0 saturated heterocycles. The van der Waals surface area contributed by atoms with E-state index in [-0.39, 0.29) is 10.6 Å². The van der Waals surface area contributed by atoms with Crippen LogP contribution >= 0.6 is 0 Å². The van der Waals surface area contributed by atoms with Crippen LogP contribution in [0.15, 0.2) is 18.3 Å². The summed E-state index contributed by atoms with van der Waals surface area (Å²) in [4.78, 5) is 14.6. The van der Waals surface area contributed by atoms with Crippen LogP contribution in [0.2, 0.25) is 0 Å². The molecule has 0 bridgehead atoms. The van der Waals surface area contributed by atoms with E-state index in [9.17, 15) is 10.1 Å². The Morgan fingerprint density at radius 3 is 2.84 bits per heavy atom. The van der Waals surface area contributed by atoms with E-state index in [1.165, 1.54) is 37.6 Å². The third-order valence-electron chi connectivity index (χ3n) is 3.96. The van der Waals surface area contributed by atoms with Gasteiger partial charge in [-0.25, -0.2) is 4.98 Å². The van der Waals surface area contributed by atoms with E-state index < -0.39 is 0 Å². The number of anilines is 1. The molecule has 2 atom stereocenters. The number of pyridine rings is 1. The number of rotatable bonds is 4. The summed E-state index contributed by atoms with van der Waals surface area (Å²) in [6.45, 7) is 4.48. The lowest BCUT2D eigenvalue weighted by Gasteiger charge is -2.35. The molecule has 2 rings (SSSR count). The molecule has 1 N–H and O–H groups in total. The lowest BCUT2D eigenvalue weighted by molar-refractivity contribution is -0.384. The molecule has 5 heteroatoms. The molecule has 0 aromatic carbocycles. The Morgan fingerprint density at radius 2 is 2.16 bits per heavy atom. The maximum Gasteiger partial charge on any atom is 0.274 e. The highest BCUT2D eigenvalue weighted by Crippen LogP contribution is 2.32. The number of hydrogen-bond donors (Lipinski definition) is 1. The Labute approximate surface area is 113 Å². The summed E-state index contributed by atoms with van der Waals surface area (Å²) in [5.41, 5.74) is 0.0920. The van der Waals surface area contributed by atoms with Gasteiger partial charge in [0.05, 0.1) is 11.0 Å². The average molecular weight is 263 g/mol. The molecule has 1 heterocycles. The summed E-state index contributed by atoms with van der Waals surface area (Å²) in [6, 6.07) is 3.32. The first-order chi connectivity index (χ1) is 9.08. The van der Waals surface area contributed by atoms with Crippen molar-refractivity contribution < 1.29 is 4.92 Å². The summed E-state index contributed by atoms with van der Waals surface area (Å²) >= 11 is 0. The molecule has 1 saturated carbocycles. The molecule has 1 aromatic rings. The second-order valence-corrected chi connectivity index (χ2v) is 5.60. The van der Waals surface area contributed by atoms with Crippen molar-refractivity contribution in [3.63, 3.8) is 0 Å². The van der Waals surface area contributed by atoms with E-state index in [0.717, 1.165) is 6.42 Å². The molecule has 0 radical (unpaired) electrons. The van der Waals surface area contributed by atoms with Gasteiger partial charge < -0.3 is 5.32 Å². The summed E-state index contributed by atoms with van der Waals surface area (Å²) in [7, 11) is 0. The molecule has 1 aliphatic rings. The predicted molar refractivity (Wildman–Crippen MR) is 75.1 cm³/mol. The van der Waals surface area contributed by atoms with Gasteiger partial charge in [-0.15, -0.1) is 0 Å². The summed E-state index contributed by atoms with van der Waals surface area (Å²) in [5, 5.41) is 14.2. The number of hydrogen-bond acceptors (Lipinski definition) is 4. The quantitative estimate of drug-likeness (QED) is 0.665. The van der Waals surface area contributed by atoms with Crippen molar-refractivity contribution in [3.05, 3.63) is 28.4 Å². The maximum absolute atomic E-state index is 10.8. The second kappa shape index (κ2) is 5.99. The van der Waals surface area contributed by atoms with Gasteiger partial charge in [0.15, 0.2) is 0 Å². The highest BCUT2D eigenvalue weighted by Gasteiger charge is 2.27. The Balaban J connectivity index is 2.10. The van der Waals surface area contributed by atoms with Crippen LogP contribution in [-0.2, 0) is 0 Å². The topological polar surface area (TPSA) is 68.1 Å². The van der Waals surface area contributed by atoms with Crippen LogP contribution in [-0.4, -0.2) is 15.9 Å². The monoisotopic (exact) mass is 263 g/mol.